The molecular formula is C15H13BrO. The Bertz CT molecular complexity index is 529. The lowest BCUT2D eigenvalue weighted by Gasteiger charge is -2.02. The Kier molecular flexibility index (Phi) is 3.75. The van der Waals surface area contributed by atoms with Crippen LogP contribution in [0.25, 0.3) is 0 Å². The molecule has 0 heterocycles. The van der Waals surface area contributed by atoms with Gasteiger partial charge in [-0.2, -0.15) is 0 Å². The maximum absolute atomic E-state index is 12.0. The molecule has 0 fully saturated rings. The molecule has 0 amide bonds. The van der Waals surface area contributed by atoms with Crippen LogP contribution in [-0.4, -0.2) is 5.78 Å². The summed E-state index contributed by atoms with van der Waals surface area (Å²) in [6.07, 6.45) is 0.455. The Morgan fingerprint density at radius 1 is 1.12 bits per heavy atom. The first-order valence-corrected chi connectivity index (χ1v) is 6.29. The van der Waals surface area contributed by atoms with Crippen LogP contribution in [0.4, 0.5) is 0 Å². The zero-order chi connectivity index (χ0) is 12.3. The molecule has 0 atom stereocenters. The van der Waals surface area contributed by atoms with E-state index in [9.17, 15) is 4.79 Å². The zero-order valence-electron chi connectivity index (χ0n) is 9.61. The molecule has 0 bridgehead atoms. The third-order valence-corrected chi connectivity index (χ3v) is 3.13. The van der Waals surface area contributed by atoms with Crippen molar-refractivity contribution in [3.63, 3.8) is 0 Å². The highest BCUT2D eigenvalue weighted by molar-refractivity contribution is 9.10. The molecule has 0 spiro atoms. The standard InChI is InChI=1S/C15H13BrO/c1-11-5-7-12(8-6-11)9-15(17)13-3-2-4-14(16)10-13/h2-8,10H,9H2,1H3. The molecule has 0 aliphatic heterocycles. The fourth-order valence-electron chi connectivity index (χ4n) is 1.66. The fourth-order valence-corrected chi connectivity index (χ4v) is 2.05. The van der Waals surface area contributed by atoms with Crippen LogP contribution in [0, 0.1) is 6.92 Å². The van der Waals surface area contributed by atoms with Crippen molar-refractivity contribution in [2.75, 3.05) is 0 Å². The lowest BCUT2D eigenvalue weighted by molar-refractivity contribution is 0.0993. The topological polar surface area (TPSA) is 17.1 Å². The van der Waals surface area contributed by atoms with Crippen molar-refractivity contribution in [1.29, 1.82) is 0 Å². The Morgan fingerprint density at radius 3 is 2.47 bits per heavy atom. The maximum atomic E-state index is 12.0. The number of hydrogen-bond donors (Lipinski definition) is 0. The average Bonchev–Trinajstić information content (AvgIpc) is 2.32. The summed E-state index contributed by atoms with van der Waals surface area (Å²) in [5.41, 5.74) is 3.02. The van der Waals surface area contributed by atoms with Gasteiger partial charge in [-0.1, -0.05) is 57.9 Å². The van der Waals surface area contributed by atoms with Crippen molar-refractivity contribution in [3.05, 3.63) is 69.7 Å². The highest BCUT2D eigenvalue weighted by atomic mass is 79.9. The molecule has 0 saturated heterocycles. The summed E-state index contributed by atoms with van der Waals surface area (Å²) in [7, 11) is 0. The second kappa shape index (κ2) is 5.28. The molecule has 0 aliphatic carbocycles. The SMILES string of the molecule is Cc1ccc(CC(=O)c2cccc(Br)c2)cc1. The van der Waals surface area contributed by atoms with Gasteiger partial charge in [-0.25, -0.2) is 0 Å². The molecule has 0 aliphatic rings. The summed E-state index contributed by atoms with van der Waals surface area (Å²) < 4.78 is 0.937. The van der Waals surface area contributed by atoms with Crippen LogP contribution >= 0.6 is 15.9 Å². The van der Waals surface area contributed by atoms with E-state index in [1.54, 1.807) is 0 Å². The zero-order valence-corrected chi connectivity index (χ0v) is 11.2. The highest BCUT2D eigenvalue weighted by Gasteiger charge is 2.06. The van der Waals surface area contributed by atoms with E-state index in [0.717, 1.165) is 15.6 Å². The number of halogens is 1. The number of rotatable bonds is 3. The van der Waals surface area contributed by atoms with E-state index in [-0.39, 0.29) is 5.78 Å². The molecular weight excluding hydrogens is 276 g/mol. The fraction of sp³-hybridized carbons (Fsp3) is 0.133. The van der Waals surface area contributed by atoms with Crippen molar-refractivity contribution in [2.45, 2.75) is 13.3 Å². The first-order valence-electron chi connectivity index (χ1n) is 5.49. The quantitative estimate of drug-likeness (QED) is 0.775. The van der Waals surface area contributed by atoms with Gasteiger partial charge in [-0.3, -0.25) is 4.79 Å². The van der Waals surface area contributed by atoms with E-state index in [0.29, 0.717) is 6.42 Å². The van der Waals surface area contributed by atoms with Gasteiger partial charge in [0.1, 0.15) is 0 Å². The third kappa shape index (κ3) is 3.27. The first kappa shape index (κ1) is 12.1. The molecule has 2 aromatic rings. The Hall–Kier alpha value is -1.41. The van der Waals surface area contributed by atoms with Crippen LogP contribution in [0.15, 0.2) is 53.0 Å². The molecule has 2 rings (SSSR count). The van der Waals surface area contributed by atoms with Crippen molar-refractivity contribution < 1.29 is 4.79 Å². The van der Waals surface area contributed by atoms with Crippen LogP contribution < -0.4 is 0 Å². The summed E-state index contributed by atoms with van der Waals surface area (Å²) in [6.45, 7) is 2.04. The second-order valence-corrected chi connectivity index (χ2v) is 5.01. The normalized spacial score (nSPS) is 10.2. The third-order valence-electron chi connectivity index (χ3n) is 2.63. The van der Waals surface area contributed by atoms with Crippen molar-refractivity contribution in [3.8, 4) is 0 Å². The van der Waals surface area contributed by atoms with Crippen molar-refractivity contribution in [2.24, 2.45) is 0 Å². The second-order valence-electron chi connectivity index (χ2n) is 4.10. The number of aryl methyl sites for hydroxylation is 1. The Balaban J connectivity index is 2.14. The number of Topliss-reactive ketones (excluding diaryl/α,β-unsaturated/α-hetero) is 1. The molecule has 2 aromatic carbocycles. The molecule has 1 nitrogen and oxygen atoms in total. The van der Waals surface area contributed by atoms with Gasteiger partial charge in [-0.05, 0) is 24.6 Å². The molecule has 2 heteroatoms. The van der Waals surface area contributed by atoms with Crippen molar-refractivity contribution >= 4 is 21.7 Å². The van der Waals surface area contributed by atoms with Crippen LogP contribution in [0.1, 0.15) is 21.5 Å². The van der Waals surface area contributed by atoms with Gasteiger partial charge in [0.2, 0.25) is 0 Å². The summed E-state index contributed by atoms with van der Waals surface area (Å²) in [4.78, 5) is 12.0. The summed E-state index contributed by atoms with van der Waals surface area (Å²) in [6, 6.07) is 15.6. The molecule has 0 aromatic heterocycles. The minimum absolute atomic E-state index is 0.148. The van der Waals surface area contributed by atoms with E-state index < -0.39 is 0 Å². The predicted octanol–water partition coefficient (Wildman–Crippen LogP) is 4.18. The van der Waals surface area contributed by atoms with E-state index in [1.165, 1.54) is 5.56 Å². The molecule has 0 unspecified atom stereocenters. The van der Waals surface area contributed by atoms with Crippen LogP contribution in [0.5, 0.6) is 0 Å². The van der Waals surface area contributed by atoms with Crippen molar-refractivity contribution in [1.82, 2.24) is 0 Å². The van der Waals surface area contributed by atoms with Gasteiger partial charge in [0.05, 0.1) is 0 Å². The monoisotopic (exact) mass is 288 g/mol. The molecule has 17 heavy (non-hydrogen) atoms. The van der Waals surface area contributed by atoms with Gasteiger partial charge in [0.15, 0.2) is 5.78 Å². The average molecular weight is 289 g/mol. The Labute approximate surface area is 110 Å². The first-order chi connectivity index (χ1) is 8.15. The van der Waals surface area contributed by atoms with Crippen LogP contribution in [0.2, 0.25) is 0 Å². The van der Waals surface area contributed by atoms with Crippen LogP contribution in [-0.2, 0) is 6.42 Å². The Morgan fingerprint density at radius 2 is 1.82 bits per heavy atom. The van der Waals surface area contributed by atoms with E-state index in [4.69, 9.17) is 0 Å². The van der Waals surface area contributed by atoms with Gasteiger partial charge in [0.25, 0.3) is 0 Å². The summed E-state index contributed by atoms with van der Waals surface area (Å²) >= 11 is 3.37. The van der Waals surface area contributed by atoms with Gasteiger partial charge in [0, 0.05) is 16.5 Å². The highest BCUT2D eigenvalue weighted by Crippen LogP contribution is 2.14. The minimum atomic E-state index is 0.148. The summed E-state index contributed by atoms with van der Waals surface area (Å²) in [5.74, 6) is 0.148. The molecule has 0 N–H and O–H groups in total. The number of benzene rings is 2. The number of ketones is 1. The largest absolute Gasteiger partial charge is 0.294 e. The van der Waals surface area contributed by atoms with E-state index >= 15 is 0 Å². The smallest absolute Gasteiger partial charge is 0.167 e. The lowest BCUT2D eigenvalue weighted by Crippen LogP contribution is -2.03. The van der Waals surface area contributed by atoms with Gasteiger partial charge < -0.3 is 0 Å². The molecule has 86 valence electrons. The number of carbonyl (C=O) groups excluding carboxylic acids is 1. The summed E-state index contributed by atoms with van der Waals surface area (Å²) in [5, 5.41) is 0. The molecule has 0 radical (unpaired) electrons. The predicted molar refractivity (Wildman–Crippen MR) is 73.4 cm³/mol. The minimum Gasteiger partial charge on any atom is -0.294 e. The van der Waals surface area contributed by atoms with Crippen LogP contribution in [0.3, 0.4) is 0 Å². The van der Waals surface area contributed by atoms with Gasteiger partial charge in [-0.15, -0.1) is 0 Å². The molecule has 0 saturated carbocycles. The lowest BCUT2D eigenvalue weighted by atomic mass is 10.0. The maximum Gasteiger partial charge on any atom is 0.167 e. The van der Waals surface area contributed by atoms with E-state index in [1.807, 2.05) is 55.5 Å². The van der Waals surface area contributed by atoms with Gasteiger partial charge >= 0.3 is 0 Å². The number of carbonyl (C=O) groups is 1. The number of hydrogen-bond acceptors (Lipinski definition) is 1. The van der Waals surface area contributed by atoms with E-state index in [2.05, 4.69) is 15.9 Å².